The maximum Gasteiger partial charge on any atom is 0.274 e. The Morgan fingerprint density at radius 1 is 1.55 bits per heavy atom. The molecule has 20 heavy (non-hydrogen) atoms. The van der Waals surface area contributed by atoms with Gasteiger partial charge < -0.3 is 19.5 Å². The lowest BCUT2D eigenvalue weighted by Gasteiger charge is -2.43. The van der Waals surface area contributed by atoms with Crippen LogP contribution in [0.5, 0.6) is 0 Å². The molecular weight excluding hydrogens is 256 g/mol. The van der Waals surface area contributed by atoms with Crippen molar-refractivity contribution in [2.24, 2.45) is 12.5 Å². The van der Waals surface area contributed by atoms with Crippen molar-refractivity contribution in [3.63, 3.8) is 0 Å². The Morgan fingerprint density at radius 2 is 2.30 bits per heavy atom. The highest BCUT2D eigenvalue weighted by atomic mass is 16.3. The minimum atomic E-state index is -0.216. The van der Waals surface area contributed by atoms with E-state index in [9.17, 15) is 9.90 Å². The summed E-state index contributed by atoms with van der Waals surface area (Å²) in [5.41, 5.74) is 0.262. The molecule has 1 N–H and O–H groups in total. The molecule has 0 unspecified atom stereocenters. The normalized spacial score (nSPS) is 23.4. The molecule has 1 aromatic heterocycles. The Bertz CT molecular complexity index is 471. The Labute approximate surface area is 120 Å². The number of aliphatic hydroxyl groups is 1. The molecule has 0 aliphatic carbocycles. The third kappa shape index (κ3) is 3.19. The van der Waals surface area contributed by atoms with E-state index < -0.39 is 0 Å². The van der Waals surface area contributed by atoms with Gasteiger partial charge in [-0.1, -0.05) is 0 Å². The van der Waals surface area contributed by atoms with E-state index in [0.717, 1.165) is 25.9 Å². The average molecular weight is 280 g/mol. The Balaban J connectivity index is 2.11. The first-order chi connectivity index (χ1) is 9.46. The monoisotopic (exact) mass is 280 g/mol. The molecule has 1 aromatic rings. The Morgan fingerprint density at radius 3 is 2.85 bits per heavy atom. The SMILES string of the molecule is CN(C)C[C@]1(CO)CCCN(C(=O)c2cn(C)cn2)C1. The first-order valence-corrected chi connectivity index (χ1v) is 6.99. The van der Waals surface area contributed by atoms with Crippen LogP contribution in [0, 0.1) is 5.41 Å². The number of aliphatic hydroxyl groups excluding tert-OH is 1. The fourth-order valence-electron chi connectivity index (χ4n) is 3.05. The van der Waals surface area contributed by atoms with Crippen LogP contribution >= 0.6 is 0 Å². The van der Waals surface area contributed by atoms with Crippen LogP contribution in [-0.4, -0.2) is 70.7 Å². The second kappa shape index (κ2) is 5.93. The molecule has 0 radical (unpaired) electrons. The molecule has 0 spiro atoms. The van der Waals surface area contributed by atoms with Gasteiger partial charge in [0.25, 0.3) is 5.91 Å². The van der Waals surface area contributed by atoms with Gasteiger partial charge in [-0.25, -0.2) is 4.98 Å². The van der Waals surface area contributed by atoms with Crippen molar-refractivity contribution in [3.8, 4) is 0 Å². The van der Waals surface area contributed by atoms with Crippen LogP contribution in [0.3, 0.4) is 0 Å². The maximum atomic E-state index is 12.5. The topological polar surface area (TPSA) is 61.6 Å². The predicted octanol–water partition coefficient (Wildman–Crippen LogP) is 0.196. The minimum absolute atomic E-state index is 0.0399. The number of imidazole rings is 1. The molecular formula is C14H24N4O2. The second-order valence-corrected chi connectivity index (χ2v) is 6.15. The number of carbonyl (C=O) groups excluding carboxylic acids is 1. The van der Waals surface area contributed by atoms with E-state index in [1.807, 2.05) is 26.0 Å². The third-order valence-electron chi connectivity index (χ3n) is 3.86. The van der Waals surface area contributed by atoms with Gasteiger partial charge >= 0.3 is 0 Å². The van der Waals surface area contributed by atoms with Crippen molar-refractivity contribution in [2.75, 3.05) is 40.3 Å². The van der Waals surface area contributed by atoms with E-state index in [-0.39, 0.29) is 17.9 Å². The predicted molar refractivity (Wildman–Crippen MR) is 76.4 cm³/mol. The average Bonchev–Trinajstić information content (AvgIpc) is 2.84. The minimum Gasteiger partial charge on any atom is -0.396 e. The van der Waals surface area contributed by atoms with E-state index in [0.29, 0.717) is 12.2 Å². The van der Waals surface area contributed by atoms with Crippen molar-refractivity contribution >= 4 is 5.91 Å². The van der Waals surface area contributed by atoms with E-state index in [4.69, 9.17) is 0 Å². The van der Waals surface area contributed by atoms with Crippen molar-refractivity contribution in [3.05, 3.63) is 18.2 Å². The van der Waals surface area contributed by atoms with Crippen molar-refractivity contribution in [1.82, 2.24) is 19.4 Å². The van der Waals surface area contributed by atoms with Gasteiger partial charge in [0.05, 0.1) is 12.9 Å². The van der Waals surface area contributed by atoms with E-state index >= 15 is 0 Å². The number of aromatic nitrogens is 2. The van der Waals surface area contributed by atoms with Crippen LogP contribution < -0.4 is 0 Å². The van der Waals surface area contributed by atoms with Gasteiger partial charge in [0.1, 0.15) is 5.69 Å². The van der Waals surface area contributed by atoms with Gasteiger partial charge in [0, 0.05) is 38.3 Å². The fraction of sp³-hybridized carbons (Fsp3) is 0.714. The molecule has 0 saturated carbocycles. The Hall–Kier alpha value is -1.40. The molecule has 2 rings (SSSR count). The fourth-order valence-corrected chi connectivity index (χ4v) is 3.05. The summed E-state index contributed by atoms with van der Waals surface area (Å²) < 4.78 is 1.77. The molecule has 0 aromatic carbocycles. The summed E-state index contributed by atoms with van der Waals surface area (Å²) in [7, 11) is 5.85. The smallest absolute Gasteiger partial charge is 0.274 e. The summed E-state index contributed by atoms with van der Waals surface area (Å²) in [6.45, 7) is 2.23. The van der Waals surface area contributed by atoms with Gasteiger partial charge in [0.2, 0.25) is 0 Å². The summed E-state index contributed by atoms with van der Waals surface area (Å²) in [6.07, 6.45) is 5.25. The number of hydrogen-bond donors (Lipinski definition) is 1. The highest BCUT2D eigenvalue weighted by molar-refractivity contribution is 5.92. The maximum absolute atomic E-state index is 12.5. The number of hydrogen-bond acceptors (Lipinski definition) is 4. The number of aryl methyl sites for hydroxylation is 1. The van der Waals surface area contributed by atoms with Crippen molar-refractivity contribution in [2.45, 2.75) is 12.8 Å². The first kappa shape index (κ1) is 15.0. The quantitative estimate of drug-likeness (QED) is 0.855. The number of likely N-dealkylation sites (tertiary alicyclic amines) is 1. The van der Waals surface area contributed by atoms with Gasteiger partial charge in [-0.05, 0) is 26.9 Å². The molecule has 1 atom stereocenters. The van der Waals surface area contributed by atoms with Gasteiger partial charge in [0.15, 0.2) is 0 Å². The van der Waals surface area contributed by atoms with Gasteiger partial charge in [-0.3, -0.25) is 4.79 Å². The summed E-state index contributed by atoms with van der Waals surface area (Å²) in [5.74, 6) is -0.0399. The van der Waals surface area contributed by atoms with Crippen LogP contribution in [-0.2, 0) is 7.05 Å². The largest absolute Gasteiger partial charge is 0.396 e. The van der Waals surface area contributed by atoms with Crippen LogP contribution in [0.25, 0.3) is 0 Å². The number of amides is 1. The lowest BCUT2D eigenvalue weighted by molar-refractivity contribution is 0.0136. The zero-order chi connectivity index (χ0) is 14.8. The molecule has 1 aliphatic heterocycles. The first-order valence-electron chi connectivity index (χ1n) is 6.99. The van der Waals surface area contributed by atoms with Crippen molar-refractivity contribution in [1.29, 1.82) is 0 Å². The molecule has 6 heteroatoms. The van der Waals surface area contributed by atoms with Crippen LogP contribution in [0.4, 0.5) is 0 Å². The van der Waals surface area contributed by atoms with E-state index in [1.165, 1.54) is 0 Å². The highest BCUT2D eigenvalue weighted by Gasteiger charge is 2.37. The van der Waals surface area contributed by atoms with Crippen molar-refractivity contribution < 1.29 is 9.90 Å². The number of piperidine rings is 1. The second-order valence-electron chi connectivity index (χ2n) is 6.15. The highest BCUT2D eigenvalue weighted by Crippen LogP contribution is 2.30. The Kier molecular flexibility index (Phi) is 4.45. The molecule has 1 amide bonds. The lowest BCUT2D eigenvalue weighted by Crippen LogP contribution is -2.52. The molecule has 0 bridgehead atoms. The number of carbonyl (C=O) groups is 1. The zero-order valence-corrected chi connectivity index (χ0v) is 12.5. The van der Waals surface area contributed by atoms with Crippen LogP contribution in [0.2, 0.25) is 0 Å². The molecule has 112 valence electrons. The lowest BCUT2D eigenvalue weighted by atomic mass is 9.80. The van der Waals surface area contributed by atoms with Crippen LogP contribution in [0.15, 0.2) is 12.5 Å². The summed E-state index contributed by atoms with van der Waals surface area (Å²) in [5, 5.41) is 9.78. The van der Waals surface area contributed by atoms with E-state index in [1.54, 1.807) is 17.1 Å². The summed E-state index contributed by atoms with van der Waals surface area (Å²) >= 11 is 0. The molecule has 6 nitrogen and oxygen atoms in total. The van der Waals surface area contributed by atoms with E-state index in [2.05, 4.69) is 9.88 Å². The summed E-state index contributed by atoms with van der Waals surface area (Å²) in [6, 6.07) is 0. The number of nitrogens with zero attached hydrogens (tertiary/aromatic N) is 4. The molecule has 1 fully saturated rings. The van der Waals surface area contributed by atoms with Gasteiger partial charge in [-0.15, -0.1) is 0 Å². The molecule has 1 aliphatic rings. The van der Waals surface area contributed by atoms with Crippen LogP contribution in [0.1, 0.15) is 23.3 Å². The standard InChI is InChI=1S/C14H24N4O2/c1-16(2)8-14(10-19)5-4-6-18(9-14)13(20)12-7-17(3)11-15-12/h7,11,19H,4-6,8-10H2,1-3H3/t14-/m1/s1. The number of rotatable bonds is 4. The molecule has 2 heterocycles. The third-order valence-corrected chi connectivity index (χ3v) is 3.86. The zero-order valence-electron chi connectivity index (χ0n) is 12.5. The summed E-state index contributed by atoms with van der Waals surface area (Å²) in [4.78, 5) is 20.5. The molecule has 1 saturated heterocycles. The van der Waals surface area contributed by atoms with Gasteiger partial charge in [-0.2, -0.15) is 0 Å².